The van der Waals surface area contributed by atoms with Crippen LogP contribution < -0.4 is 0 Å². The number of hydrogen-bond acceptors (Lipinski definition) is 1. The first-order chi connectivity index (χ1) is 8.07. The molecule has 0 radical (unpaired) electrons. The first-order valence-electron chi connectivity index (χ1n) is 7.48. The van der Waals surface area contributed by atoms with Gasteiger partial charge in [-0.2, -0.15) is 5.26 Å². The van der Waals surface area contributed by atoms with Crippen LogP contribution >= 0.6 is 0 Å². The van der Waals surface area contributed by atoms with Gasteiger partial charge in [0.05, 0.1) is 11.5 Å². The number of nitriles is 1. The summed E-state index contributed by atoms with van der Waals surface area (Å²) in [5, 5.41) is 9.51. The van der Waals surface area contributed by atoms with Gasteiger partial charge in [-0.05, 0) is 73.5 Å². The topological polar surface area (TPSA) is 23.8 Å². The minimum absolute atomic E-state index is 0.0271. The Kier molecular flexibility index (Phi) is 1.78. The predicted molar refractivity (Wildman–Crippen MR) is 66.8 cm³/mol. The second-order valence-electron chi connectivity index (χ2n) is 7.77. The summed E-state index contributed by atoms with van der Waals surface area (Å²) in [6.07, 6.45) is 4.08. The van der Waals surface area contributed by atoms with E-state index in [1.165, 1.54) is 19.3 Å². The van der Waals surface area contributed by atoms with Crippen molar-refractivity contribution < 1.29 is 0 Å². The fraction of sp³-hybridized carbons (Fsp3) is 0.938. The molecule has 0 aromatic heterocycles. The lowest BCUT2D eigenvalue weighted by Gasteiger charge is -2.45. The highest BCUT2D eigenvalue weighted by molar-refractivity contribution is 5.20. The van der Waals surface area contributed by atoms with Crippen molar-refractivity contribution in [2.75, 3.05) is 0 Å². The fourth-order valence-electron chi connectivity index (χ4n) is 6.71. The van der Waals surface area contributed by atoms with E-state index >= 15 is 0 Å². The third kappa shape index (κ3) is 0.985. The summed E-state index contributed by atoms with van der Waals surface area (Å²) in [5.74, 6) is 7.43. The average molecular weight is 229 g/mol. The van der Waals surface area contributed by atoms with Crippen LogP contribution in [0.1, 0.15) is 40.0 Å². The van der Waals surface area contributed by atoms with Crippen LogP contribution in [0.25, 0.3) is 0 Å². The molecule has 0 heterocycles. The lowest BCUT2D eigenvalue weighted by molar-refractivity contribution is 0.0298. The van der Waals surface area contributed by atoms with E-state index in [0.29, 0.717) is 0 Å². The Bertz CT molecular complexity index is 408. The molecule has 17 heavy (non-hydrogen) atoms. The van der Waals surface area contributed by atoms with Crippen molar-refractivity contribution in [2.45, 2.75) is 40.0 Å². The van der Waals surface area contributed by atoms with Crippen LogP contribution in [-0.4, -0.2) is 0 Å². The highest BCUT2D eigenvalue weighted by Crippen LogP contribution is 2.73. The van der Waals surface area contributed by atoms with Crippen LogP contribution in [0.3, 0.4) is 0 Å². The van der Waals surface area contributed by atoms with Gasteiger partial charge in [0.1, 0.15) is 0 Å². The van der Waals surface area contributed by atoms with Crippen LogP contribution in [-0.2, 0) is 0 Å². The zero-order chi connectivity index (χ0) is 11.9. The van der Waals surface area contributed by atoms with Crippen molar-refractivity contribution in [1.82, 2.24) is 0 Å². The summed E-state index contributed by atoms with van der Waals surface area (Å²) < 4.78 is 0. The Hall–Kier alpha value is -0.510. The first-order valence-corrected chi connectivity index (χ1v) is 7.48. The van der Waals surface area contributed by atoms with E-state index in [4.69, 9.17) is 0 Å². The molecule has 0 saturated heterocycles. The van der Waals surface area contributed by atoms with E-state index in [1.807, 2.05) is 0 Å². The second-order valence-corrected chi connectivity index (χ2v) is 7.77. The van der Waals surface area contributed by atoms with Gasteiger partial charge in [-0.3, -0.25) is 0 Å². The molecule has 92 valence electrons. The molecule has 4 saturated carbocycles. The summed E-state index contributed by atoms with van der Waals surface area (Å²) in [7, 11) is 0. The van der Waals surface area contributed by atoms with Gasteiger partial charge in [0, 0.05) is 0 Å². The van der Waals surface area contributed by atoms with Crippen LogP contribution in [0.15, 0.2) is 0 Å². The van der Waals surface area contributed by atoms with Gasteiger partial charge in [-0.1, -0.05) is 13.8 Å². The van der Waals surface area contributed by atoms with E-state index in [1.54, 1.807) is 0 Å². The Morgan fingerprint density at radius 3 is 2.35 bits per heavy atom. The maximum atomic E-state index is 9.51. The average Bonchev–Trinajstić information content (AvgIpc) is 2.98. The van der Waals surface area contributed by atoms with Gasteiger partial charge in [0.2, 0.25) is 0 Å². The molecule has 0 aliphatic heterocycles. The second kappa shape index (κ2) is 2.90. The zero-order valence-corrected chi connectivity index (χ0v) is 11.2. The molecule has 0 aromatic carbocycles. The monoisotopic (exact) mass is 229 g/mol. The molecular weight excluding hydrogens is 206 g/mol. The Morgan fingerprint density at radius 1 is 1.06 bits per heavy atom. The molecule has 4 rings (SSSR count). The number of nitrogens with zero attached hydrogens (tertiary/aromatic N) is 1. The normalized spacial score (nSPS) is 67.2. The van der Waals surface area contributed by atoms with E-state index < -0.39 is 0 Å². The molecule has 1 heteroatoms. The van der Waals surface area contributed by atoms with Gasteiger partial charge < -0.3 is 0 Å². The molecule has 0 amide bonds. The lowest BCUT2D eigenvalue weighted by atomic mass is 9.58. The molecule has 4 bridgehead atoms. The largest absolute Gasteiger partial charge is 0.198 e. The van der Waals surface area contributed by atoms with E-state index in [2.05, 4.69) is 26.8 Å². The fourth-order valence-corrected chi connectivity index (χ4v) is 6.71. The maximum absolute atomic E-state index is 9.51. The molecule has 0 spiro atoms. The predicted octanol–water partition coefficient (Wildman–Crippen LogP) is 3.71. The highest BCUT2D eigenvalue weighted by atomic mass is 14.7. The SMILES string of the molecule is CC1C(C)C2CC1C1C3CC(C21)C(C)(C#N)C3. The van der Waals surface area contributed by atoms with Gasteiger partial charge >= 0.3 is 0 Å². The number of rotatable bonds is 0. The van der Waals surface area contributed by atoms with Crippen molar-refractivity contribution in [3.63, 3.8) is 0 Å². The standard InChI is InChI=1S/C16H23N/c1-8-9(2)12-5-11(8)14-10-4-13(15(12)14)16(3,6-10)7-17/h8-15H,4-6H2,1-3H3. The van der Waals surface area contributed by atoms with Crippen molar-refractivity contribution >= 4 is 0 Å². The van der Waals surface area contributed by atoms with Gasteiger partial charge in [0.25, 0.3) is 0 Å². The minimum atomic E-state index is 0.0271. The van der Waals surface area contributed by atoms with Crippen LogP contribution in [0.4, 0.5) is 0 Å². The van der Waals surface area contributed by atoms with Crippen molar-refractivity contribution in [2.24, 2.45) is 52.8 Å². The summed E-state index contributed by atoms with van der Waals surface area (Å²) in [6, 6.07) is 2.67. The highest BCUT2D eigenvalue weighted by Gasteiger charge is 2.68. The molecule has 4 aliphatic rings. The van der Waals surface area contributed by atoms with Gasteiger partial charge in [-0.15, -0.1) is 0 Å². The first kappa shape index (κ1) is 10.4. The Balaban J connectivity index is 1.73. The molecule has 9 atom stereocenters. The third-order valence-corrected chi connectivity index (χ3v) is 7.48. The molecule has 4 fully saturated rings. The van der Waals surface area contributed by atoms with Gasteiger partial charge in [0.15, 0.2) is 0 Å². The molecule has 4 aliphatic carbocycles. The van der Waals surface area contributed by atoms with Crippen molar-refractivity contribution in [3.05, 3.63) is 0 Å². The molecular formula is C16H23N. The van der Waals surface area contributed by atoms with Crippen LogP contribution in [0.5, 0.6) is 0 Å². The Morgan fingerprint density at radius 2 is 1.71 bits per heavy atom. The van der Waals surface area contributed by atoms with Crippen LogP contribution in [0.2, 0.25) is 0 Å². The van der Waals surface area contributed by atoms with Crippen molar-refractivity contribution in [1.29, 1.82) is 5.26 Å². The summed E-state index contributed by atoms with van der Waals surface area (Å²) in [4.78, 5) is 0. The molecule has 1 nitrogen and oxygen atoms in total. The smallest absolute Gasteiger partial charge is 0.0689 e. The number of hydrogen-bond donors (Lipinski definition) is 0. The summed E-state index contributed by atoms with van der Waals surface area (Å²) >= 11 is 0. The van der Waals surface area contributed by atoms with E-state index in [0.717, 1.165) is 47.3 Å². The minimum Gasteiger partial charge on any atom is -0.198 e. The Labute approximate surface area is 105 Å². The molecule has 9 unspecified atom stereocenters. The van der Waals surface area contributed by atoms with Crippen LogP contribution in [0, 0.1) is 64.1 Å². The maximum Gasteiger partial charge on any atom is 0.0689 e. The quantitative estimate of drug-likeness (QED) is 0.581. The third-order valence-electron chi connectivity index (χ3n) is 7.48. The van der Waals surface area contributed by atoms with Gasteiger partial charge in [-0.25, -0.2) is 0 Å². The van der Waals surface area contributed by atoms with E-state index in [-0.39, 0.29) is 5.41 Å². The van der Waals surface area contributed by atoms with E-state index in [9.17, 15) is 5.26 Å². The molecule has 0 N–H and O–H groups in total. The van der Waals surface area contributed by atoms with Crippen molar-refractivity contribution in [3.8, 4) is 6.07 Å². The zero-order valence-electron chi connectivity index (χ0n) is 11.2. The summed E-state index contributed by atoms with van der Waals surface area (Å²) in [6.45, 7) is 7.20. The summed E-state index contributed by atoms with van der Waals surface area (Å²) in [5.41, 5.74) is 0.0271. The molecule has 0 aromatic rings. The lowest BCUT2D eigenvalue weighted by Crippen LogP contribution is -2.41. The number of fused-ring (bicyclic) bond motifs is 9.